The number of rotatable bonds is 10. The zero-order valence-electron chi connectivity index (χ0n) is 62.5. The average Bonchev–Trinajstić information content (AvgIpc) is 1.34. The molecule has 0 spiro atoms. The van der Waals surface area contributed by atoms with Gasteiger partial charge in [-0.3, -0.25) is 0 Å². The first kappa shape index (κ1) is 64.6. The van der Waals surface area contributed by atoms with Crippen LogP contribution in [0.1, 0.15) is 26.3 Å². The van der Waals surface area contributed by atoms with E-state index in [0.717, 1.165) is 189 Å². The van der Waals surface area contributed by atoms with Gasteiger partial charge in [-0.05, 0) is 134 Å². The highest BCUT2D eigenvalue weighted by Crippen LogP contribution is 2.57. The first-order chi connectivity index (χ1) is 55.8. The van der Waals surface area contributed by atoms with E-state index in [1.165, 1.54) is 32.6 Å². The van der Waals surface area contributed by atoms with Crippen molar-refractivity contribution >= 4 is 145 Å². The second-order valence-electron chi connectivity index (χ2n) is 31.3. The van der Waals surface area contributed by atoms with Crippen molar-refractivity contribution in [3.05, 3.63) is 382 Å². The van der Waals surface area contributed by atoms with E-state index in [0.29, 0.717) is 0 Å². The van der Waals surface area contributed by atoms with Gasteiger partial charge in [0, 0.05) is 99.2 Å². The van der Waals surface area contributed by atoms with E-state index in [1.807, 2.05) is 0 Å². The second-order valence-corrected chi connectivity index (χ2v) is 31.3. The lowest BCUT2D eigenvalue weighted by atomic mass is 9.33. The minimum atomic E-state index is -0.395. The summed E-state index contributed by atoms with van der Waals surface area (Å²) in [5, 5.41) is 9.13. The van der Waals surface area contributed by atoms with Gasteiger partial charge in [-0.1, -0.05) is 324 Å². The molecule has 0 N–H and O–H groups in total. The summed E-state index contributed by atoms with van der Waals surface area (Å²) in [5.41, 5.74) is 33.7. The Labute approximate surface area is 654 Å². The van der Waals surface area contributed by atoms with E-state index in [-0.39, 0.29) is 0 Å². The first-order valence-corrected chi connectivity index (χ1v) is 39.2. The molecule has 0 unspecified atom stereocenters. The van der Waals surface area contributed by atoms with Gasteiger partial charge < -0.3 is 27.8 Å². The molecule has 0 amide bonds. The predicted octanol–water partition coefficient (Wildman–Crippen LogP) is 27.1. The van der Waals surface area contributed by atoms with Gasteiger partial charge in [-0.2, -0.15) is 0 Å². The highest BCUT2D eigenvalue weighted by molar-refractivity contribution is 7.00. The molecule has 0 saturated carbocycles. The van der Waals surface area contributed by atoms with Gasteiger partial charge in [-0.15, -0.1) is 0 Å². The van der Waals surface area contributed by atoms with Crippen molar-refractivity contribution in [2.75, 3.05) is 9.80 Å². The van der Waals surface area contributed by atoms with Gasteiger partial charge in [-0.25, -0.2) is 0 Å². The van der Waals surface area contributed by atoms with E-state index in [9.17, 15) is 0 Å². The number of furan rings is 2. The average molecular weight is 1440 g/mol. The molecule has 2 aliphatic rings. The molecule has 4 aromatic heterocycles. The Balaban J connectivity index is 0.918. The van der Waals surface area contributed by atoms with E-state index in [1.54, 1.807) is 0 Å². The maximum absolute atomic E-state index is 7.09. The van der Waals surface area contributed by atoms with Crippen LogP contribution in [0.3, 0.4) is 0 Å². The van der Waals surface area contributed by atoms with Crippen LogP contribution in [0.4, 0.5) is 34.1 Å². The van der Waals surface area contributed by atoms with Crippen LogP contribution in [0.25, 0.3) is 166 Å². The van der Waals surface area contributed by atoms with E-state index >= 15 is 0 Å². The van der Waals surface area contributed by atoms with Gasteiger partial charge in [0.05, 0.1) is 44.8 Å². The molecule has 21 aromatic rings. The molecule has 0 aliphatic carbocycles. The molecule has 113 heavy (non-hydrogen) atoms. The first-order valence-electron chi connectivity index (χ1n) is 39.2. The van der Waals surface area contributed by atoms with Crippen LogP contribution in [0.2, 0.25) is 0 Å². The lowest BCUT2D eigenvalue weighted by molar-refractivity contribution is 0.590. The summed E-state index contributed by atoms with van der Waals surface area (Å²) in [4.78, 5) is 5.42. The van der Waals surface area contributed by atoms with E-state index in [4.69, 9.17) is 8.83 Å². The maximum Gasteiger partial charge on any atom is 0.252 e. The summed E-state index contributed by atoms with van der Waals surface area (Å²) in [6.45, 7) is 6.77. The SMILES string of the molecule is CC(C)(C)c1cc2c3c(c1)N(c1c(-c4ccccc4)ccc(-n4c5ccccc5c5ccccc54)c1-c1ccccc1)c1ccc(-c4cccc5c4oc4ccccc45)cc1B3c1cc(-c3cccc4c3oc3ccccc34)ccc1N2c1c(-c2ccccc2)ccc(-n2c3ccccc3c3ccccc32)c1-c1ccccc1. The van der Waals surface area contributed by atoms with Crippen LogP contribution in [0.5, 0.6) is 0 Å². The van der Waals surface area contributed by atoms with Crippen LogP contribution in [-0.4, -0.2) is 15.8 Å². The second kappa shape index (κ2) is 25.1. The summed E-state index contributed by atoms with van der Waals surface area (Å²) in [7, 11) is 0. The van der Waals surface area contributed by atoms with E-state index < -0.39 is 12.1 Å². The quantitative estimate of drug-likeness (QED) is 0.128. The maximum atomic E-state index is 7.09. The number of para-hydroxylation sites is 8. The third-order valence-corrected chi connectivity index (χ3v) is 24.1. The van der Waals surface area contributed by atoms with Gasteiger partial charge in [0.15, 0.2) is 0 Å². The van der Waals surface area contributed by atoms with Crippen LogP contribution in [-0.2, 0) is 5.41 Å². The number of hydrogen-bond donors (Lipinski definition) is 0. The molecule has 0 fully saturated rings. The highest BCUT2D eigenvalue weighted by atomic mass is 16.3. The third kappa shape index (κ3) is 9.81. The number of aromatic nitrogens is 2. The molecule has 6 heterocycles. The molecular weight excluding hydrogens is 1370 g/mol. The topological polar surface area (TPSA) is 42.6 Å². The Morgan fingerprint density at radius 2 is 0.575 bits per heavy atom. The molecule has 7 heteroatoms. The highest BCUT2D eigenvalue weighted by Gasteiger charge is 2.47. The van der Waals surface area contributed by atoms with Crippen LogP contribution in [0, 0.1) is 0 Å². The summed E-state index contributed by atoms with van der Waals surface area (Å²) in [6, 6.07) is 140. The third-order valence-electron chi connectivity index (χ3n) is 24.1. The largest absolute Gasteiger partial charge is 0.455 e. The van der Waals surface area contributed by atoms with Gasteiger partial charge in [0.25, 0.3) is 6.71 Å². The number of fused-ring (bicyclic) bond motifs is 16. The normalized spacial score (nSPS) is 12.7. The molecule has 23 rings (SSSR count). The molecule has 6 nitrogen and oxygen atoms in total. The number of nitrogens with zero attached hydrogens (tertiary/aromatic N) is 4. The summed E-state index contributed by atoms with van der Waals surface area (Å²) in [5.74, 6) is 0. The van der Waals surface area contributed by atoms with Crippen molar-refractivity contribution in [2.45, 2.75) is 26.2 Å². The predicted molar refractivity (Wildman–Crippen MR) is 475 cm³/mol. The van der Waals surface area contributed by atoms with Crippen LogP contribution >= 0.6 is 0 Å². The van der Waals surface area contributed by atoms with Crippen molar-refractivity contribution in [1.82, 2.24) is 9.13 Å². The lowest BCUT2D eigenvalue weighted by Crippen LogP contribution is -2.61. The Morgan fingerprint density at radius 1 is 0.248 bits per heavy atom. The molecule has 17 aromatic carbocycles. The van der Waals surface area contributed by atoms with Gasteiger partial charge >= 0.3 is 0 Å². The van der Waals surface area contributed by atoms with Crippen molar-refractivity contribution in [3.8, 4) is 78.1 Å². The molecule has 530 valence electrons. The summed E-state index contributed by atoms with van der Waals surface area (Å²) < 4.78 is 19.2. The summed E-state index contributed by atoms with van der Waals surface area (Å²) in [6.07, 6.45) is 0. The Hall–Kier alpha value is -14.4. The van der Waals surface area contributed by atoms with Crippen LogP contribution < -0.4 is 26.2 Å². The Kier molecular flexibility index (Phi) is 14.3. The number of anilines is 6. The number of hydrogen-bond acceptors (Lipinski definition) is 4. The summed E-state index contributed by atoms with van der Waals surface area (Å²) >= 11 is 0. The van der Waals surface area contributed by atoms with Crippen molar-refractivity contribution in [2.24, 2.45) is 0 Å². The van der Waals surface area contributed by atoms with Crippen molar-refractivity contribution < 1.29 is 8.83 Å². The number of benzene rings is 17. The minimum Gasteiger partial charge on any atom is -0.455 e. The van der Waals surface area contributed by atoms with Crippen LogP contribution in [0.15, 0.2) is 385 Å². The van der Waals surface area contributed by atoms with Crippen molar-refractivity contribution in [3.63, 3.8) is 0 Å². The zero-order chi connectivity index (χ0) is 74.7. The molecule has 0 saturated heterocycles. The van der Waals surface area contributed by atoms with Gasteiger partial charge in [0.1, 0.15) is 22.3 Å². The fraction of sp³-hybridized carbons (Fsp3) is 0.0377. The fourth-order valence-electron chi connectivity index (χ4n) is 19.0. The molecule has 2 aliphatic heterocycles. The minimum absolute atomic E-state index is 0.391. The molecule has 0 radical (unpaired) electrons. The Bertz CT molecular complexity index is 6950. The van der Waals surface area contributed by atoms with Gasteiger partial charge in [0.2, 0.25) is 0 Å². The molecule has 0 atom stereocenters. The Morgan fingerprint density at radius 3 is 0.956 bits per heavy atom. The molecular formula is C106H71BN4O2. The smallest absolute Gasteiger partial charge is 0.252 e. The monoisotopic (exact) mass is 1440 g/mol. The van der Waals surface area contributed by atoms with E-state index in [2.05, 4.69) is 416 Å². The lowest BCUT2D eigenvalue weighted by Gasteiger charge is -2.47. The fourth-order valence-corrected chi connectivity index (χ4v) is 19.0. The molecule has 0 bridgehead atoms. The van der Waals surface area contributed by atoms with Crippen molar-refractivity contribution in [1.29, 1.82) is 0 Å². The zero-order valence-corrected chi connectivity index (χ0v) is 62.5. The standard InChI is InChI=1S/C106H71BN4O2/c1-106(2,3)72-64-95-101-96(65-72)111(103-74(67-32-10-5-11-33-67)57-61-94(100(103)69-36-14-7-15-37-69)109-89-50-24-18-40-79(89)80-41-19-25-51-90(80)109)92-59-55-71(76-45-29-47-84-82-43-21-27-53-98(82)113-105(76)84)63-86(92)107(101)85-62-70(75-44-28-46-83-81-42-20-26-52-97(81)112-104(75)83)54-58-91(85)110(95)102-73(66-30-8-4-9-31-66)56-60-93(99(102)68-34-12-6-13-35-68)108-87-48-22-16-38-77(87)78-39-17-23-49-88(78)108/h4-65H,1-3H3.